The number of aliphatic carboxylic acids is 1. The van der Waals surface area contributed by atoms with E-state index in [1.54, 1.807) is 27.7 Å². The van der Waals surface area contributed by atoms with Crippen LogP contribution in [0.15, 0.2) is 23.8 Å². The highest BCUT2D eigenvalue weighted by Crippen LogP contribution is 2.32. The predicted octanol–water partition coefficient (Wildman–Crippen LogP) is 1.53. The molecule has 0 aromatic rings. The number of hydrogen-bond donors (Lipinski definition) is 1. The quantitative estimate of drug-likeness (QED) is 0.747. The average molecular weight is 318 g/mol. The van der Waals surface area contributed by atoms with Gasteiger partial charge in [0.2, 0.25) is 4.93 Å². The van der Waals surface area contributed by atoms with Crippen molar-refractivity contribution in [1.82, 2.24) is 0 Å². The van der Waals surface area contributed by atoms with E-state index in [1.165, 1.54) is 12.2 Å². The molecule has 1 aliphatic carbocycles. The predicted molar refractivity (Wildman–Crippen MR) is 78.7 cm³/mol. The van der Waals surface area contributed by atoms with Gasteiger partial charge in [-0.3, -0.25) is 0 Å². The molecule has 0 aromatic carbocycles. The summed E-state index contributed by atoms with van der Waals surface area (Å²) in [5.74, 6) is -1.23. The molecule has 1 rings (SSSR count). The number of carboxylic acid groups (broad SMARTS) is 1. The number of carboxylic acids is 1. The van der Waals surface area contributed by atoms with Crippen molar-refractivity contribution in [2.75, 3.05) is 6.26 Å². The van der Waals surface area contributed by atoms with Gasteiger partial charge in [-0.15, -0.1) is 0 Å². The Morgan fingerprint density at radius 1 is 1.29 bits per heavy atom. The Morgan fingerprint density at radius 2 is 1.86 bits per heavy atom. The Morgan fingerprint density at radius 3 is 2.24 bits per heavy atom. The first-order chi connectivity index (χ1) is 9.48. The summed E-state index contributed by atoms with van der Waals surface area (Å²) >= 11 is 0. The molecule has 21 heavy (non-hydrogen) atoms. The Kier molecular flexibility index (Phi) is 5.35. The van der Waals surface area contributed by atoms with Gasteiger partial charge < -0.3 is 14.6 Å². The number of ether oxygens (including phenoxy) is 2. The second-order valence-corrected chi connectivity index (χ2v) is 7.71. The fourth-order valence-electron chi connectivity index (χ4n) is 2.03. The van der Waals surface area contributed by atoms with Gasteiger partial charge >= 0.3 is 5.97 Å². The Labute approximate surface area is 125 Å². The maximum Gasteiger partial charge on any atom is 0.334 e. The molecular formula is C14H22O6S. The van der Waals surface area contributed by atoms with Crippen LogP contribution in [0.5, 0.6) is 0 Å². The molecule has 1 aliphatic rings. The second-order valence-electron chi connectivity index (χ2n) is 5.53. The molecule has 0 heterocycles. The van der Waals surface area contributed by atoms with Gasteiger partial charge in [0.15, 0.2) is 9.84 Å². The van der Waals surface area contributed by atoms with Gasteiger partial charge in [0.25, 0.3) is 0 Å². The third kappa shape index (κ3) is 4.15. The molecule has 0 radical (unpaired) electrons. The van der Waals surface area contributed by atoms with Gasteiger partial charge in [-0.1, -0.05) is 6.08 Å². The smallest absolute Gasteiger partial charge is 0.334 e. The molecule has 0 aromatic heterocycles. The van der Waals surface area contributed by atoms with Crippen LogP contribution in [0.3, 0.4) is 0 Å². The van der Waals surface area contributed by atoms with Crippen molar-refractivity contribution in [3.63, 3.8) is 0 Å². The molecule has 7 heteroatoms. The summed E-state index contributed by atoms with van der Waals surface area (Å²) in [5.41, 5.74) is -0.141. The first kappa shape index (κ1) is 17.9. The minimum atomic E-state index is -3.71. The van der Waals surface area contributed by atoms with Gasteiger partial charge in [-0.2, -0.15) is 0 Å². The molecule has 0 aliphatic heterocycles. The highest BCUT2D eigenvalue weighted by molar-refractivity contribution is 7.92. The molecule has 1 N–H and O–H groups in total. The molecular weight excluding hydrogens is 296 g/mol. The minimum Gasteiger partial charge on any atom is -0.478 e. The van der Waals surface area contributed by atoms with Crippen molar-refractivity contribution in [2.24, 2.45) is 0 Å². The van der Waals surface area contributed by atoms with E-state index in [9.17, 15) is 18.3 Å². The van der Waals surface area contributed by atoms with Crippen molar-refractivity contribution in [2.45, 2.75) is 50.9 Å². The minimum absolute atomic E-state index is 0.141. The van der Waals surface area contributed by atoms with E-state index >= 15 is 0 Å². The molecule has 0 spiro atoms. The van der Waals surface area contributed by atoms with Crippen LogP contribution >= 0.6 is 0 Å². The van der Waals surface area contributed by atoms with Crippen molar-refractivity contribution in [1.29, 1.82) is 0 Å². The van der Waals surface area contributed by atoms with Gasteiger partial charge in [0.05, 0.1) is 17.8 Å². The molecule has 0 bridgehead atoms. The van der Waals surface area contributed by atoms with Crippen LogP contribution in [0, 0.1) is 0 Å². The van der Waals surface area contributed by atoms with Gasteiger partial charge in [0, 0.05) is 6.26 Å². The lowest BCUT2D eigenvalue weighted by molar-refractivity contribution is -0.134. The number of hydrogen-bond acceptors (Lipinski definition) is 5. The standard InChI is InChI=1S/C14H22O6S/c1-9(2)19-12-6-7-14(20-10(3)4,21(5,17)18)8-11(12)13(15)16/h6-10,12H,1-5H3,(H,15,16). The zero-order valence-electron chi connectivity index (χ0n) is 12.9. The third-order valence-electron chi connectivity index (χ3n) is 2.83. The zero-order valence-corrected chi connectivity index (χ0v) is 13.7. The van der Waals surface area contributed by atoms with E-state index in [0.29, 0.717) is 0 Å². The first-order valence-corrected chi connectivity index (χ1v) is 8.56. The van der Waals surface area contributed by atoms with Crippen LogP contribution in [-0.4, -0.2) is 49.0 Å². The van der Waals surface area contributed by atoms with Crippen molar-refractivity contribution in [3.8, 4) is 0 Å². The zero-order chi connectivity index (χ0) is 16.4. The number of rotatable bonds is 6. The molecule has 0 saturated heterocycles. The summed E-state index contributed by atoms with van der Waals surface area (Å²) in [4.78, 5) is 9.64. The summed E-state index contributed by atoms with van der Waals surface area (Å²) < 4.78 is 35.2. The molecule has 2 atom stereocenters. The van der Waals surface area contributed by atoms with Crippen LogP contribution < -0.4 is 0 Å². The summed E-state index contributed by atoms with van der Waals surface area (Å²) in [7, 11) is -3.71. The van der Waals surface area contributed by atoms with E-state index in [2.05, 4.69) is 0 Å². The average Bonchev–Trinajstić information content (AvgIpc) is 2.28. The van der Waals surface area contributed by atoms with E-state index in [0.717, 1.165) is 12.3 Å². The van der Waals surface area contributed by atoms with E-state index in [4.69, 9.17) is 9.47 Å². The fraction of sp³-hybridized carbons (Fsp3) is 0.643. The SMILES string of the molecule is CC(C)OC1C=CC(OC(C)C)(S(C)(=O)=O)C=C1C(=O)O. The second kappa shape index (κ2) is 6.29. The Balaban J connectivity index is 3.34. The summed E-state index contributed by atoms with van der Waals surface area (Å²) in [6.45, 7) is 6.92. The molecule has 6 nitrogen and oxygen atoms in total. The lowest BCUT2D eigenvalue weighted by Crippen LogP contribution is -2.43. The summed E-state index contributed by atoms with van der Waals surface area (Å²) in [5, 5.41) is 9.32. The largest absolute Gasteiger partial charge is 0.478 e. The lowest BCUT2D eigenvalue weighted by Gasteiger charge is -2.33. The van der Waals surface area contributed by atoms with Crippen LogP contribution in [0.2, 0.25) is 0 Å². The van der Waals surface area contributed by atoms with E-state index < -0.39 is 32.9 Å². The maximum absolute atomic E-state index is 12.1. The highest BCUT2D eigenvalue weighted by Gasteiger charge is 2.43. The molecule has 0 saturated carbocycles. The number of sulfone groups is 1. The molecule has 2 unspecified atom stereocenters. The van der Waals surface area contributed by atoms with Crippen LogP contribution in [0.4, 0.5) is 0 Å². The monoisotopic (exact) mass is 318 g/mol. The van der Waals surface area contributed by atoms with E-state index in [-0.39, 0.29) is 11.7 Å². The van der Waals surface area contributed by atoms with Gasteiger partial charge in [0.1, 0.15) is 6.10 Å². The normalized spacial score (nSPS) is 26.2. The van der Waals surface area contributed by atoms with Crippen LogP contribution in [-0.2, 0) is 24.1 Å². The maximum atomic E-state index is 12.1. The fourth-order valence-corrected chi connectivity index (χ4v) is 3.06. The molecule has 0 fully saturated rings. The third-order valence-corrected chi connectivity index (χ3v) is 4.34. The topological polar surface area (TPSA) is 89.9 Å². The van der Waals surface area contributed by atoms with Crippen LogP contribution in [0.1, 0.15) is 27.7 Å². The highest BCUT2D eigenvalue weighted by atomic mass is 32.2. The number of carbonyl (C=O) groups is 1. The van der Waals surface area contributed by atoms with Crippen molar-refractivity contribution < 1.29 is 27.8 Å². The Hall–Kier alpha value is -1.18. The Bertz CT molecular complexity index is 558. The van der Waals surface area contributed by atoms with Crippen molar-refractivity contribution in [3.05, 3.63) is 23.8 Å². The molecule has 0 amide bonds. The lowest BCUT2D eigenvalue weighted by atomic mass is 10.0. The summed E-state index contributed by atoms with van der Waals surface area (Å²) in [6.07, 6.45) is 3.52. The van der Waals surface area contributed by atoms with E-state index in [1.807, 2.05) is 0 Å². The summed E-state index contributed by atoms with van der Waals surface area (Å²) in [6, 6.07) is 0. The first-order valence-electron chi connectivity index (χ1n) is 6.67. The van der Waals surface area contributed by atoms with Crippen molar-refractivity contribution >= 4 is 15.8 Å². The van der Waals surface area contributed by atoms with Gasteiger partial charge in [-0.25, -0.2) is 13.2 Å². The molecule has 120 valence electrons. The van der Waals surface area contributed by atoms with Gasteiger partial charge in [-0.05, 0) is 39.8 Å². The van der Waals surface area contributed by atoms with Crippen LogP contribution in [0.25, 0.3) is 0 Å².